The minimum absolute atomic E-state index is 0.0108. The van der Waals surface area contributed by atoms with Crippen molar-refractivity contribution in [3.63, 3.8) is 0 Å². The van der Waals surface area contributed by atoms with Gasteiger partial charge in [0.15, 0.2) is 0 Å². The van der Waals surface area contributed by atoms with Crippen molar-refractivity contribution in [3.8, 4) is 0 Å². The zero-order chi connectivity index (χ0) is 26.4. The maximum Gasteiger partial charge on any atom is 0.410 e. The molecule has 2 amide bonds. The molecule has 4 saturated heterocycles. The van der Waals surface area contributed by atoms with E-state index in [0.717, 1.165) is 25.2 Å². The Morgan fingerprint density at radius 2 is 1.76 bits per heavy atom. The maximum atomic E-state index is 15.4. The van der Waals surface area contributed by atoms with Gasteiger partial charge in [-0.05, 0) is 91.0 Å². The van der Waals surface area contributed by atoms with E-state index < -0.39 is 11.0 Å². The Morgan fingerprint density at radius 3 is 2.43 bits per heavy atom. The van der Waals surface area contributed by atoms with E-state index in [-0.39, 0.29) is 17.8 Å². The molecule has 37 heavy (non-hydrogen) atoms. The highest BCUT2D eigenvalue weighted by Gasteiger charge is 2.49. The summed E-state index contributed by atoms with van der Waals surface area (Å²) >= 11 is 0. The third-order valence-corrected chi connectivity index (χ3v) is 8.96. The summed E-state index contributed by atoms with van der Waals surface area (Å²) in [7, 11) is 0. The molecule has 0 bridgehead atoms. The predicted octanol–water partition coefficient (Wildman–Crippen LogP) is 5.03. The van der Waals surface area contributed by atoms with Gasteiger partial charge in [0.2, 0.25) is 5.91 Å². The summed E-state index contributed by atoms with van der Waals surface area (Å²) in [6, 6.07) is 6.53. The van der Waals surface area contributed by atoms with Crippen molar-refractivity contribution in [1.82, 2.24) is 9.80 Å². The number of anilines is 2. The molecule has 204 valence electrons. The van der Waals surface area contributed by atoms with Gasteiger partial charge >= 0.3 is 6.09 Å². The average molecular weight is 515 g/mol. The van der Waals surface area contributed by atoms with Crippen LogP contribution in [0.2, 0.25) is 0 Å². The Hall–Kier alpha value is -2.35. The first-order valence-electron chi connectivity index (χ1n) is 14.2. The molecule has 0 N–H and O–H groups in total. The number of hydrogen-bond donors (Lipinski definition) is 0. The van der Waals surface area contributed by atoms with Gasteiger partial charge < -0.3 is 19.4 Å². The number of amides is 2. The molecule has 1 spiro atoms. The molecular formula is C29H43FN4O3. The van der Waals surface area contributed by atoms with E-state index in [1.165, 1.54) is 25.8 Å². The molecule has 1 unspecified atom stereocenters. The normalized spacial score (nSPS) is 26.8. The number of carbonyl (C=O) groups excluding carboxylic acids is 2. The molecule has 1 aromatic carbocycles. The smallest absolute Gasteiger partial charge is 0.410 e. The van der Waals surface area contributed by atoms with Gasteiger partial charge in [-0.15, -0.1) is 0 Å². The minimum atomic E-state index is -0.544. The molecule has 4 aliphatic heterocycles. The van der Waals surface area contributed by atoms with Gasteiger partial charge in [-0.1, -0.05) is 6.42 Å². The quantitative estimate of drug-likeness (QED) is 0.566. The number of hydrogen-bond acceptors (Lipinski definition) is 5. The summed E-state index contributed by atoms with van der Waals surface area (Å²) in [5.41, 5.74) is 0.218. The summed E-state index contributed by atoms with van der Waals surface area (Å²) in [6.45, 7) is 12.4. The summed E-state index contributed by atoms with van der Waals surface area (Å²) in [5, 5.41) is 0. The largest absolute Gasteiger partial charge is 0.444 e. The van der Waals surface area contributed by atoms with Crippen LogP contribution < -0.4 is 9.80 Å². The molecule has 0 aromatic heterocycles. The lowest BCUT2D eigenvalue weighted by atomic mass is 9.77. The number of ether oxygens (including phenoxy) is 1. The molecular weight excluding hydrogens is 471 g/mol. The molecule has 4 fully saturated rings. The van der Waals surface area contributed by atoms with Gasteiger partial charge in [0.1, 0.15) is 11.4 Å². The number of carbonyl (C=O) groups is 2. The Kier molecular flexibility index (Phi) is 7.16. The fourth-order valence-electron chi connectivity index (χ4n) is 6.78. The van der Waals surface area contributed by atoms with Crippen molar-refractivity contribution in [2.75, 3.05) is 49.1 Å². The fourth-order valence-corrected chi connectivity index (χ4v) is 6.78. The van der Waals surface area contributed by atoms with E-state index in [1.807, 2.05) is 26.8 Å². The monoisotopic (exact) mass is 514 g/mol. The Morgan fingerprint density at radius 1 is 1.03 bits per heavy atom. The van der Waals surface area contributed by atoms with E-state index in [4.69, 9.17) is 4.74 Å². The second-order valence-electron chi connectivity index (χ2n) is 12.6. The first kappa shape index (κ1) is 26.3. The molecule has 4 aliphatic rings. The van der Waals surface area contributed by atoms with E-state index in [9.17, 15) is 9.59 Å². The van der Waals surface area contributed by atoms with Crippen molar-refractivity contribution >= 4 is 23.4 Å². The van der Waals surface area contributed by atoms with E-state index in [2.05, 4.69) is 16.7 Å². The number of halogens is 1. The summed E-state index contributed by atoms with van der Waals surface area (Å²) < 4.78 is 20.9. The van der Waals surface area contributed by atoms with Gasteiger partial charge in [-0.25, -0.2) is 9.18 Å². The number of benzene rings is 1. The van der Waals surface area contributed by atoms with Crippen LogP contribution in [0.25, 0.3) is 0 Å². The highest BCUT2D eigenvalue weighted by Crippen LogP contribution is 2.44. The van der Waals surface area contributed by atoms with Crippen LogP contribution >= 0.6 is 0 Å². The van der Waals surface area contributed by atoms with Crippen LogP contribution in [0.4, 0.5) is 20.6 Å². The van der Waals surface area contributed by atoms with Crippen LogP contribution in [0.1, 0.15) is 72.6 Å². The van der Waals surface area contributed by atoms with Crippen LogP contribution in [-0.2, 0) is 9.53 Å². The lowest BCUT2D eigenvalue weighted by Gasteiger charge is -2.38. The number of likely N-dealkylation sites (tertiary alicyclic amines) is 2. The lowest BCUT2D eigenvalue weighted by Crippen LogP contribution is -2.48. The van der Waals surface area contributed by atoms with Gasteiger partial charge in [0, 0.05) is 50.5 Å². The highest BCUT2D eigenvalue weighted by molar-refractivity contribution is 6.00. The predicted molar refractivity (Wildman–Crippen MR) is 143 cm³/mol. The molecule has 1 aromatic rings. The van der Waals surface area contributed by atoms with E-state index in [0.29, 0.717) is 56.7 Å². The third kappa shape index (κ3) is 5.31. The van der Waals surface area contributed by atoms with Crippen LogP contribution in [0.15, 0.2) is 18.2 Å². The van der Waals surface area contributed by atoms with Crippen molar-refractivity contribution in [3.05, 3.63) is 24.0 Å². The number of piperidine rings is 2. The molecule has 0 radical (unpaired) electrons. The Bertz CT molecular complexity index is 1020. The Labute approximate surface area is 220 Å². The summed E-state index contributed by atoms with van der Waals surface area (Å²) in [5.74, 6) is -0.341. The van der Waals surface area contributed by atoms with Crippen molar-refractivity contribution < 1.29 is 18.7 Å². The van der Waals surface area contributed by atoms with E-state index >= 15 is 4.39 Å². The molecule has 7 nitrogen and oxygen atoms in total. The first-order chi connectivity index (χ1) is 17.6. The fraction of sp³-hybridized carbons (Fsp3) is 0.724. The van der Waals surface area contributed by atoms with Crippen molar-refractivity contribution in [2.24, 2.45) is 5.41 Å². The third-order valence-electron chi connectivity index (χ3n) is 8.96. The lowest BCUT2D eigenvalue weighted by molar-refractivity contribution is -0.128. The van der Waals surface area contributed by atoms with Crippen LogP contribution in [0.5, 0.6) is 0 Å². The van der Waals surface area contributed by atoms with E-state index in [1.54, 1.807) is 21.9 Å². The second kappa shape index (κ2) is 10.1. The number of rotatable bonds is 3. The topological polar surface area (TPSA) is 56.3 Å². The molecule has 8 heteroatoms. The van der Waals surface area contributed by atoms with Crippen LogP contribution in [0.3, 0.4) is 0 Å². The van der Waals surface area contributed by atoms with Gasteiger partial charge in [-0.3, -0.25) is 9.69 Å². The van der Waals surface area contributed by atoms with Crippen LogP contribution in [-0.4, -0.2) is 78.8 Å². The standard InChI is InChI=1S/C29H43FN4O3/c1-21-7-5-6-14-33(21)23-10-15-32(20-23)22-8-9-25(24(30)19-22)34-18-13-29(26(34)35)11-16-31(17-12-29)27(36)37-28(2,3)4/h8-9,19,21,23H,5-7,10-18,20H2,1-4H3/t21-,23?/m0/s1. The van der Waals surface area contributed by atoms with Crippen molar-refractivity contribution in [2.45, 2.75) is 90.3 Å². The SMILES string of the molecule is C[C@H]1CCCCN1C1CCN(c2ccc(N3CCC4(CCN(C(=O)OC(C)(C)C)CC4)C3=O)c(F)c2)C1. The van der Waals surface area contributed by atoms with Crippen LogP contribution in [0, 0.1) is 11.2 Å². The first-order valence-corrected chi connectivity index (χ1v) is 14.2. The molecule has 5 rings (SSSR count). The molecule has 4 heterocycles. The summed E-state index contributed by atoms with van der Waals surface area (Å²) in [4.78, 5) is 34.2. The molecule has 2 atom stereocenters. The second-order valence-corrected chi connectivity index (χ2v) is 12.6. The van der Waals surface area contributed by atoms with Gasteiger partial charge in [0.25, 0.3) is 0 Å². The molecule has 0 saturated carbocycles. The van der Waals surface area contributed by atoms with Gasteiger partial charge in [-0.2, -0.15) is 0 Å². The molecule has 0 aliphatic carbocycles. The zero-order valence-corrected chi connectivity index (χ0v) is 23.0. The minimum Gasteiger partial charge on any atom is -0.444 e. The van der Waals surface area contributed by atoms with Crippen molar-refractivity contribution in [1.29, 1.82) is 0 Å². The maximum absolute atomic E-state index is 15.4. The summed E-state index contributed by atoms with van der Waals surface area (Å²) in [6.07, 6.45) is 6.51. The Balaban J connectivity index is 1.21. The number of nitrogens with zero attached hydrogens (tertiary/aromatic N) is 4. The zero-order valence-electron chi connectivity index (χ0n) is 23.0. The highest BCUT2D eigenvalue weighted by atomic mass is 19.1. The van der Waals surface area contributed by atoms with Gasteiger partial charge in [0.05, 0.1) is 11.1 Å². The average Bonchev–Trinajstić information content (AvgIpc) is 3.45.